The van der Waals surface area contributed by atoms with Gasteiger partial charge in [0.05, 0.1) is 11.8 Å². The first kappa shape index (κ1) is 14.8. The van der Waals surface area contributed by atoms with E-state index in [4.69, 9.17) is 5.26 Å². The Morgan fingerprint density at radius 1 is 1.40 bits per heavy atom. The molecule has 1 aliphatic rings. The highest BCUT2D eigenvalue weighted by atomic mass is 32.2. The van der Waals surface area contributed by atoms with E-state index < -0.39 is 17.2 Å². The van der Waals surface area contributed by atoms with Gasteiger partial charge in [-0.05, 0) is 37.8 Å². The number of hydrogen-bond donors (Lipinski definition) is 1. The molecular formula is C14H14F2N2OS. The quantitative estimate of drug-likeness (QED) is 0.869. The summed E-state index contributed by atoms with van der Waals surface area (Å²) in [7, 11) is 0. The Bertz CT molecular complexity index is 551. The van der Waals surface area contributed by atoms with Crippen molar-refractivity contribution in [3.8, 4) is 6.07 Å². The molecule has 1 aromatic carbocycles. The second-order valence-corrected chi connectivity index (χ2v) is 5.83. The van der Waals surface area contributed by atoms with Crippen LogP contribution in [0.5, 0.6) is 0 Å². The van der Waals surface area contributed by atoms with Gasteiger partial charge in [-0.15, -0.1) is 11.8 Å². The zero-order valence-corrected chi connectivity index (χ0v) is 11.6. The van der Waals surface area contributed by atoms with Crippen molar-refractivity contribution in [3.63, 3.8) is 0 Å². The minimum Gasteiger partial charge on any atom is -0.337 e. The van der Waals surface area contributed by atoms with Gasteiger partial charge in [-0.2, -0.15) is 5.26 Å². The van der Waals surface area contributed by atoms with E-state index in [0.717, 1.165) is 36.7 Å². The predicted molar refractivity (Wildman–Crippen MR) is 72.0 cm³/mol. The molecule has 1 N–H and O–H groups in total. The van der Waals surface area contributed by atoms with E-state index in [1.165, 1.54) is 6.07 Å². The Morgan fingerprint density at radius 3 is 2.70 bits per heavy atom. The van der Waals surface area contributed by atoms with E-state index in [1.54, 1.807) is 0 Å². The summed E-state index contributed by atoms with van der Waals surface area (Å²) < 4.78 is 26.2. The summed E-state index contributed by atoms with van der Waals surface area (Å²) in [6.45, 7) is 0. The van der Waals surface area contributed by atoms with Crippen LogP contribution in [-0.2, 0) is 4.79 Å². The maximum Gasteiger partial charge on any atom is 0.231 e. The third-order valence-electron chi connectivity index (χ3n) is 3.30. The van der Waals surface area contributed by atoms with Crippen LogP contribution in [0.25, 0.3) is 0 Å². The molecule has 1 aliphatic carbocycles. The monoisotopic (exact) mass is 296 g/mol. The van der Waals surface area contributed by atoms with Gasteiger partial charge in [0.25, 0.3) is 0 Å². The summed E-state index contributed by atoms with van der Waals surface area (Å²) in [6, 6.07) is 5.40. The molecular weight excluding hydrogens is 282 g/mol. The molecule has 0 aromatic heterocycles. The highest BCUT2D eigenvalue weighted by Crippen LogP contribution is 2.29. The van der Waals surface area contributed by atoms with Crippen LogP contribution in [0.3, 0.4) is 0 Å². The largest absolute Gasteiger partial charge is 0.337 e. The number of nitriles is 1. The van der Waals surface area contributed by atoms with Crippen molar-refractivity contribution >= 4 is 17.7 Å². The van der Waals surface area contributed by atoms with Crippen molar-refractivity contribution in [2.45, 2.75) is 36.1 Å². The fraction of sp³-hybridized carbons (Fsp3) is 0.429. The van der Waals surface area contributed by atoms with Gasteiger partial charge >= 0.3 is 0 Å². The second-order valence-electron chi connectivity index (χ2n) is 4.81. The third kappa shape index (κ3) is 3.48. The summed E-state index contributed by atoms with van der Waals surface area (Å²) in [6.07, 6.45) is 3.16. The summed E-state index contributed by atoms with van der Waals surface area (Å²) in [4.78, 5) is 12.1. The SMILES string of the molecule is N#CC1(NC(=O)CSc2ccc(F)cc2F)CCCC1. The molecule has 6 heteroatoms. The molecule has 106 valence electrons. The van der Waals surface area contributed by atoms with Gasteiger partial charge < -0.3 is 5.32 Å². The van der Waals surface area contributed by atoms with E-state index in [1.807, 2.05) is 0 Å². The summed E-state index contributed by atoms with van der Waals surface area (Å²) in [5.41, 5.74) is -0.765. The van der Waals surface area contributed by atoms with Crippen LogP contribution in [-0.4, -0.2) is 17.2 Å². The fourth-order valence-electron chi connectivity index (χ4n) is 2.28. The Hall–Kier alpha value is -1.61. The summed E-state index contributed by atoms with van der Waals surface area (Å²) in [5.74, 6) is -1.63. The number of benzene rings is 1. The molecule has 0 radical (unpaired) electrons. The van der Waals surface area contributed by atoms with Crippen LogP contribution in [0.4, 0.5) is 8.78 Å². The Morgan fingerprint density at radius 2 is 2.10 bits per heavy atom. The minimum atomic E-state index is -0.765. The number of hydrogen-bond acceptors (Lipinski definition) is 3. The van der Waals surface area contributed by atoms with Crippen molar-refractivity contribution in [3.05, 3.63) is 29.8 Å². The molecule has 1 fully saturated rings. The zero-order chi connectivity index (χ0) is 14.6. The lowest BCUT2D eigenvalue weighted by molar-refractivity contribution is -0.119. The highest BCUT2D eigenvalue weighted by molar-refractivity contribution is 8.00. The van der Waals surface area contributed by atoms with Crippen molar-refractivity contribution in [1.29, 1.82) is 5.26 Å². The Balaban J connectivity index is 1.91. The first-order valence-corrected chi connectivity index (χ1v) is 7.33. The molecule has 2 rings (SSSR count). The molecule has 0 heterocycles. The van der Waals surface area contributed by atoms with E-state index in [2.05, 4.69) is 11.4 Å². The van der Waals surface area contributed by atoms with Crippen molar-refractivity contribution < 1.29 is 13.6 Å². The van der Waals surface area contributed by atoms with Crippen LogP contribution >= 0.6 is 11.8 Å². The summed E-state index contributed by atoms with van der Waals surface area (Å²) >= 11 is 0.993. The maximum atomic E-state index is 13.4. The number of halogens is 2. The Labute approximate surface area is 120 Å². The number of nitrogens with one attached hydrogen (secondary N) is 1. The Kier molecular flexibility index (Phi) is 4.61. The van der Waals surface area contributed by atoms with Crippen LogP contribution in [0, 0.1) is 23.0 Å². The molecule has 1 aromatic rings. The van der Waals surface area contributed by atoms with Gasteiger partial charge in [0.2, 0.25) is 5.91 Å². The molecule has 1 amide bonds. The van der Waals surface area contributed by atoms with Gasteiger partial charge in [0.1, 0.15) is 17.2 Å². The number of carbonyl (C=O) groups is 1. The number of carbonyl (C=O) groups excluding carboxylic acids is 1. The highest BCUT2D eigenvalue weighted by Gasteiger charge is 2.35. The fourth-order valence-corrected chi connectivity index (χ4v) is 3.00. The van der Waals surface area contributed by atoms with E-state index >= 15 is 0 Å². The van der Waals surface area contributed by atoms with Crippen LogP contribution in [0.15, 0.2) is 23.1 Å². The van der Waals surface area contributed by atoms with Gasteiger partial charge in [0, 0.05) is 11.0 Å². The van der Waals surface area contributed by atoms with Gasteiger partial charge in [-0.25, -0.2) is 8.78 Å². The number of rotatable bonds is 4. The van der Waals surface area contributed by atoms with Crippen molar-refractivity contribution in [2.75, 3.05) is 5.75 Å². The second kappa shape index (κ2) is 6.23. The van der Waals surface area contributed by atoms with Gasteiger partial charge in [-0.1, -0.05) is 0 Å². The first-order valence-electron chi connectivity index (χ1n) is 6.35. The zero-order valence-electron chi connectivity index (χ0n) is 10.8. The van der Waals surface area contributed by atoms with Crippen LogP contribution in [0.1, 0.15) is 25.7 Å². The minimum absolute atomic E-state index is 0.00593. The molecule has 0 aliphatic heterocycles. The van der Waals surface area contributed by atoms with E-state index in [9.17, 15) is 13.6 Å². The number of thioether (sulfide) groups is 1. The molecule has 0 saturated heterocycles. The molecule has 0 atom stereocenters. The molecule has 1 saturated carbocycles. The molecule has 0 unspecified atom stereocenters. The topological polar surface area (TPSA) is 52.9 Å². The van der Waals surface area contributed by atoms with Crippen molar-refractivity contribution in [2.24, 2.45) is 0 Å². The molecule has 0 spiro atoms. The average Bonchev–Trinajstić information content (AvgIpc) is 2.87. The molecule has 20 heavy (non-hydrogen) atoms. The number of nitrogens with zero attached hydrogens (tertiary/aromatic N) is 1. The van der Waals surface area contributed by atoms with E-state index in [-0.39, 0.29) is 16.6 Å². The summed E-state index contributed by atoms with van der Waals surface area (Å²) in [5, 5.41) is 11.9. The molecule has 0 bridgehead atoms. The predicted octanol–water partition coefficient (Wildman–Crippen LogP) is 3.01. The van der Waals surface area contributed by atoms with Crippen molar-refractivity contribution in [1.82, 2.24) is 5.32 Å². The third-order valence-corrected chi connectivity index (χ3v) is 4.35. The van der Waals surface area contributed by atoms with Gasteiger partial charge in [0.15, 0.2) is 0 Å². The van der Waals surface area contributed by atoms with Gasteiger partial charge in [-0.3, -0.25) is 4.79 Å². The molecule has 3 nitrogen and oxygen atoms in total. The lowest BCUT2D eigenvalue weighted by atomic mass is 10.0. The maximum absolute atomic E-state index is 13.4. The number of amides is 1. The normalized spacial score (nSPS) is 16.6. The van der Waals surface area contributed by atoms with Crippen LogP contribution < -0.4 is 5.32 Å². The lowest BCUT2D eigenvalue weighted by Gasteiger charge is -2.21. The smallest absolute Gasteiger partial charge is 0.231 e. The van der Waals surface area contributed by atoms with E-state index in [0.29, 0.717) is 12.8 Å². The first-order chi connectivity index (χ1) is 9.54. The lowest BCUT2D eigenvalue weighted by Crippen LogP contribution is -2.45. The standard InChI is InChI=1S/C14H14F2N2OS/c15-10-3-4-12(11(16)7-10)20-8-13(19)18-14(9-17)5-1-2-6-14/h3-4,7H,1-2,5-6,8H2,(H,18,19). The van der Waals surface area contributed by atoms with Crippen LogP contribution in [0.2, 0.25) is 0 Å². The average molecular weight is 296 g/mol.